The molecule has 154 valence electrons. The van der Waals surface area contributed by atoms with E-state index in [2.05, 4.69) is 53.4 Å². The Kier molecular flexibility index (Phi) is 4.94. The van der Waals surface area contributed by atoms with E-state index in [0.29, 0.717) is 5.82 Å². The molecule has 5 heteroatoms. The molecule has 1 aromatic carbocycles. The molecule has 0 radical (unpaired) electrons. The van der Waals surface area contributed by atoms with E-state index in [1.165, 1.54) is 11.1 Å². The van der Waals surface area contributed by atoms with Crippen LogP contribution in [0.3, 0.4) is 0 Å². The highest BCUT2D eigenvalue weighted by Crippen LogP contribution is 2.34. The molecular formula is C26H24N4O. The topological polar surface area (TPSA) is 67.8 Å². The normalized spacial score (nSPS) is 13.4. The van der Waals surface area contributed by atoms with Crippen molar-refractivity contribution in [2.45, 2.75) is 33.1 Å². The van der Waals surface area contributed by atoms with Crippen molar-refractivity contribution < 1.29 is 4.79 Å². The van der Waals surface area contributed by atoms with E-state index in [1.807, 2.05) is 24.4 Å². The predicted molar refractivity (Wildman–Crippen MR) is 124 cm³/mol. The summed E-state index contributed by atoms with van der Waals surface area (Å²) in [6, 6.07) is 14.5. The van der Waals surface area contributed by atoms with Gasteiger partial charge in [-0.05, 0) is 67.6 Å². The van der Waals surface area contributed by atoms with Gasteiger partial charge in [0.1, 0.15) is 5.82 Å². The van der Waals surface area contributed by atoms with Gasteiger partial charge in [-0.3, -0.25) is 9.78 Å². The van der Waals surface area contributed by atoms with Crippen molar-refractivity contribution in [3.8, 4) is 22.5 Å². The molecule has 1 fully saturated rings. The largest absolute Gasteiger partial charge is 0.310 e. The number of nitrogens with zero attached hydrogens (tertiary/aromatic N) is 3. The van der Waals surface area contributed by atoms with Gasteiger partial charge in [0.25, 0.3) is 0 Å². The van der Waals surface area contributed by atoms with Crippen LogP contribution in [0, 0.1) is 12.8 Å². The minimum absolute atomic E-state index is 0.0499. The van der Waals surface area contributed by atoms with Crippen LogP contribution in [0.25, 0.3) is 33.3 Å². The molecule has 3 aromatic heterocycles. The van der Waals surface area contributed by atoms with Crippen LogP contribution >= 0.6 is 0 Å². The Bertz CT molecular complexity index is 1280. The van der Waals surface area contributed by atoms with Crippen molar-refractivity contribution in [1.82, 2.24) is 15.0 Å². The minimum Gasteiger partial charge on any atom is -0.310 e. The molecule has 0 saturated heterocycles. The smallest absolute Gasteiger partial charge is 0.228 e. The summed E-state index contributed by atoms with van der Waals surface area (Å²) in [5, 5.41) is 4.90. The van der Waals surface area contributed by atoms with Crippen LogP contribution in [0.15, 0.2) is 61.1 Å². The molecule has 5 nitrogen and oxygen atoms in total. The summed E-state index contributed by atoms with van der Waals surface area (Å²) in [7, 11) is 0. The molecule has 1 amide bonds. The molecule has 5 rings (SSSR count). The van der Waals surface area contributed by atoms with Crippen LogP contribution in [0.4, 0.5) is 5.82 Å². The van der Waals surface area contributed by atoms with E-state index in [0.717, 1.165) is 52.5 Å². The van der Waals surface area contributed by atoms with Gasteiger partial charge in [-0.15, -0.1) is 0 Å². The zero-order valence-electron chi connectivity index (χ0n) is 17.7. The highest BCUT2D eigenvalue weighted by atomic mass is 16.2. The first-order valence-corrected chi connectivity index (χ1v) is 10.7. The van der Waals surface area contributed by atoms with Crippen LogP contribution in [0.2, 0.25) is 0 Å². The van der Waals surface area contributed by atoms with Crippen molar-refractivity contribution in [3.63, 3.8) is 0 Å². The van der Waals surface area contributed by atoms with Crippen LogP contribution in [-0.2, 0) is 11.2 Å². The van der Waals surface area contributed by atoms with Crippen molar-refractivity contribution in [2.75, 3.05) is 5.32 Å². The third-order valence-corrected chi connectivity index (χ3v) is 5.85. The number of nitrogens with one attached hydrogen (secondary N) is 1. The van der Waals surface area contributed by atoms with Gasteiger partial charge in [0.15, 0.2) is 0 Å². The fourth-order valence-corrected chi connectivity index (χ4v) is 3.82. The Morgan fingerprint density at radius 2 is 1.90 bits per heavy atom. The SMILES string of the molecule is CCc1ccc(C)c(-c2cc3cnc(NC(=O)C4CC4)cc3c(-c3ccncc3)n2)c1. The highest BCUT2D eigenvalue weighted by molar-refractivity contribution is 6.00. The summed E-state index contributed by atoms with van der Waals surface area (Å²) in [5.41, 5.74) is 6.36. The van der Waals surface area contributed by atoms with E-state index in [9.17, 15) is 4.79 Å². The number of amides is 1. The molecule has 1 aliphatic carbocycles. The molecule has 0 unspecified atom stereocenters. The molecular weight excluding hydrogens is 384 g/mol. The van der Waals surface area contributed by atoms with Gasteiger partial charge in [-0.25, -0.2) is 9.97 Å². The fraction of sp³-hybridized carbons (Fsp3) is 0.231. The first-order chi connectivity index (χ1) is 15.1. The summed E-state index contributed by atoms with van der Waals surface area (Å²) in [4.78, 5) is 26.0. The van der Waals surface area contributed by atoms with Crippen molar-refractivity contribution >= 4 is 22.5 Å². The summed E-state index contributed by atoms with van der Waals surface area (Å²) in [5.74, 6) is 0.749. The van der Waals surface area contributed by atoms with Gasteiger partial charge < -0.3 is 5.32 Å². The zero-order chi connectivity index (χ0) is 21.4. The van der Waals surface area contributed by atoms with E-state index in [-0.39, 0.29) is 11.8 Å². The standard InChI is InChI=1S/C26H24N4O/c1-3-17-5-4-16(2)21(12-17)23-13-20-15-28-24(30-26(31)19-6-7-19)14-22(20)25(29-23)18-8-10-27-11-9-18/h4-5,8-15,19H,3,6-7H2,1-2H3,(H,28,30,31). The molecule has 0 spiro atoms. The number of carbonyl (C=O) groups excluding carboxylic acids is 1. The van der Waals surface area contributed by atoms with Crippen molar-refractivity contribution in [3.05, 3.63) is 72.2 Å². The number of aromatic nitrogens is 3. The van der Waals surface area contributed by atoms with Crippen LogP contribution in [0.5, 0.6) is 0 Å². The number of aryl methyl sites for hydroxylation is 2. The van der Waals surface area contributed by atoms with Gasteiger partial charge in [-0.2, -0.15) is 0 Å². The van der Waals surface area contributed by atoms with Crippen LogP contribution < -0.4 is 5.32 Å². The third-order valence-electron chi connectivity index (χ3n) is 5.85. The van der Waals surface area contributed by atoms with Crippen molar-refractivity contribution in [2.24, 2.45) is 5.92 Å². The maximum Gasteiger partial charge on any atom is 0.228 e. The summed E-state index contributed by atoms with van der Waals surface area (Å²) in [6.07, 6.45) is 8.27. The number of hydrogen-bond donors (Lipinski definition) is 1. The molecule has 0 aliphatic heterocycles. The molecule has 31 heavy (non-hydrogen) atoms. The van der Waals surface area contributed by atoms with Crippen molar-refractivity contribution in [1.29, 1.82) is 0 Å². The average Bonchev–Trinajstić information content (AvgIpc) is 3.65. The number of anilines is 1. The van der Waals surface area contributed by atoms with Gasteiger partial charge >= 0.3 is 0 Å². The molecule has 1 N–H and O–H groups in total. The second-order valence-electron chi connectivity index (χ2n) is 8.15. The Hall–Kier alpha value is -3.60. The fourth-order valence-electron chi connectivity index (χ4n) is 3.82. The van der Waals surface area contributed by atoms with Crippen LogP contribution in [0.1, 0.15) is 30.9 Å². The number of hydrogen-bond acceptors (Lipinski definition) is 4. The summed E-state index contributed by atoms with van der Waals surface area (Å²) >= 11 is 0. The Morgan fingerprint density at radius 1 is 1.10 bits per heavy atom. The zero-order valence-corrected chi connectivity index (χ0v) is 17.7. The number of rotatable bonds is 5. The Morgan fingerprint density at radius 3 is 2.65 bits per heavy atom. The Balaban J connectivity index is 1.68. The lowest BCUT2D eigenvalue weighted by atomic mass is 9.98. The third kappa shape index (κ3) is 3.91. The number of fused-ring (bicyclic) bond motifs is 1. The minimum atomic E-state index is 0.0499. The maximum atomic E-state index is 12.2. The molecule has 4 aromatic rings. The number of carbonyl (C=O) groups is 1. The predicted octanol–water partition coefficient (Wildman–Crippen LogP) is 5.58. The summed E-state index contributed by atoms with van der Waals surface area (Å²) in [6.45, 7) is 4.27. The van der Waals surface area contributed by atoms with E-state index < -0.39 is 0 Å². The lowest BCUT2D eigenvalue weighted by Gasteiger charge is -2.13. The monoisotopic (exact) mass is 408 g/mol. The number of pyridine rings is 3. The summed E-state index contributed by atoms with van der Waals surface area (Å²) < 4.78 is 0. The molecule has 1 saturated carbocycles. The quantitative estimate of drug-likeness (QED) is 0.468. The molecule has 0 atom stereocenters. The second-order valence-corrected chi connectivity index (χ2v) is 8.15. The van der Waals surface area contributed by atoms with Crippen LogP contribution in [-0.4, -0.2) is 20.9 Å². The second kappa shape index (κ2) is 7.91. The van der Waals surface area contributed by atoms with E-state index in [4.69, 9.17) is 4.98 Å². The van der Waals surface area contributed by atoms with Gasteiger partial charge in [0.2, 0.25) is 5.91 Å². The number of benzene rings is 1. The molecule has 3 heterocycles. The van der Waals surface area contributed by atoms with Gasteiger partial charge in [0, 0.05) is 46.4 Å². The lowest BCUT2D eigenvalue weighted by molar-refractivity contribution is -0.117. The lowest BCUT2D eigenvalue weighted by Crippen LogP contribution is -2.14. The maximum absolute atomic E-state index is 12.2. The Labute approximate surface area is 181 Å². The average molecular weight is 409 g/mol. The first-order valence-electron chi connectivity index (χ1n) is 10.7. The van der Waals surface area contributed by atoms with E-state index >= 15 is 0 Å². The van der Waals surface area contributed by atoms with Gasteiger partial charge in [-0.1, -0.05) is 19.1 Å². The highest BCUT2D eigenvalue weighted by Gasteiger charge is 2.29. The van der Waals surface area contributed by atoms with Gasteiger partial charge in [0.05, 0.1) is 11.4 Å². The molecule has 0 bridgehead atoms. The van der Waals surface area contributed by atoms with E-state index in [1.54, 1.807) is 12.4 Å². The molecule has 1 aliphatic rings. The first kappa shape index (κ1) is 19.4.